The number of esters is 1. The molecule has 3 atom stereocenters. The maximum absolute atomic E-state index is 11.7. The minimum absolute atomic E-state index is 0.0386. The molecule has 0 radical (unpaired) electrons. The van der Waals surface area contributed by atoms with Gasteiger partial charge in [0.25, 0.3) is 0 Å². The van der Waals surface area contributed by atoms with Crippen molar-refractivity contribution in [3.63, 3.8) is 0 Å². The van der Waals surface area contributed by atoms with Crippen LogP contribution < -0.4 is 5.32 Å². The average molecular weight is 213 g/mol. The highest BCUT2D eigenvalue weighted by molar-refractivity contribution is 5.73. The van der Waals surface area contributed by atoms with Crippen LogP contribution in [0.5, 0.6) is 0 Å². The highest BCUT2D eigenvalue weighted by atomic mass is 16.5. The molecule has 0 aromatic rings. The van der Waals surface area contributed by atoms with Crippen molar-refractivity contribution in [1.82, 2.24) is 5.32 Å². The fraction of sp³-hybridized carbons (Fsp3) is 0.909. The number of carbonyl (C=O) groups excluding carboxylic acids is 1. The van der Waals surface area contributed by atoms with Gasteiger partial charge in [-0.15, -0.1) is 0 Å². The summed E-state index contributed by atoms with van der Waals surface area (Å²) in [5, 5.41) is 3.28. The first kappa shape index (κ1) is 10.9. The number of nitrogens with one attached hydrogen (secondary N) is 1. The van der Waals surface area contributed by atoms with Gasteiger partial charge in [-0.1, -0.05) is 0 Å². The van der Waals surface area contributed by atoms with Crippen LogP contribution in [0.4, 0.5) is 0 Å². The van der Waals surface area contributed by atoms with Crippen LogP contribution >= 0.6 is 0 Å². The zero-order valence-electron chi connectivity index (χ0n) is 9.20. The molecule has 2 saturated heterocycles. The summed E-state index contributed by atoms with van der Waals surface area (Å²) in [5.41, 5.74) is 0. The van der Waals surface area contributed by atoms with Crippen LogP contribution in [-0.2, 0) is 14.3 Å². The molecule has 0 saturated carbocycles. The molecule has 0 bridgehead atoms. The quantitative estimate of drug-likeness (QED) is 0.690. The third kappa shape index (κ3) is 2.32. The molecule has 2 aliphatic heterocycles. The maximum Gasteiger partial charge on any atom is 0.310 e. The Hall–Kier alpha value is -0.610. The van der Waals surface area contributed by atoms with Crippen LogP contribution in [0.2, 0.25) is 0 Å². The number of hydrogen-bond donors (Lipinski definition) is 1. The fourth-order valence-corrected chi connectivity index (χ4v) is 2.59. The van der Waals surface area contributed by atoms with E-state index in [0.717, 1.165) is 32.7 Å². The van der Waals surface area contributed by atoms with Crippen LogP contribution in [0.25, 0.3) is 0 Å². The Balaban J connectivity index is 1.94. The minimum Gasteiger partial charge on any atom is -0.466 e. The number of ether oxygens (including phenoxy) is 2. The molecule has 0 aliphatic carbocycles. The van der Waals surface area contributed by atoms with Crippen LogP contribution in [0.3, 0.4) is 0 Å². The van der Waals surface area contributed by atoms with E-state index in [0.29, 0.717) is 18.4 Å². The van der Waals surface area contributed by atoms with Crippen molar-refractivity contribution in [3.05, 3.63) is 0 Å². The smallest absolute Gasteiger partial charge is 0.310 e. The van der Waals surface area contributed by atoms with Gasteiger partial charge in [-0.3, -0.25) is 4.79 Å². The summed E-state index contributed by atoms with van der Waals surface area (Å²) < 4.78 is 10.5. The number of carbonyl (C=O) groups is 1. The van der Waals surface area contributed by atoms with E-state index in [1.54, 1.807) is 0 Å². The molecule has 2 fully saturated rings. The summed E-state index contributed by atoms with van der Waals surface area (Å²) in [5.74, 6) is 0.942. The molecule has 86 valence electrons. The van der Waals surface area contributed by atoms with Gasteiger partial charge < -0.3 is 14.8 Å². The lowest BCUT2D eigenvalue weighted by atomic mass is 9.83. The summed E-state index contributed by atoms with van der Waals surface area (Å²) in [4.78, 5) is 11.7. The van der Waals surface area contributed by atoms with E-state index < -0.39 is 0 Å². The number of rotatable bonds is 3. The van der Waals surface area contributed by atoms with Crippen molar-refractivity contribution in [2.45, 2.75) is 13.3 Å². The average Bonchev–Trinajstić information content (AvgIpc) is 2.88. The fourth-order valence-electron chi connectivity index (χ4n) is 2.59. The first-order valence-corrected chi connectivity index (χ1v) is 5.78. The molecule has 4 heteroatoms. The van der Waals surface area contributed by atoms with E-state index in [2.05, 4.69) is 5.32 Å². The molecule has 2 heterocycles. The summed E-state index contributed by atoms with van der Waals surface area (Å²) in [6, 6.07) is 0. The van der Waals surface area contributed by atoms with Gasteiger partial charge in [-0.25, -0.2) is 0 Å². The van der Waals surface area contributed by atoms with Gasteiger partial charge in [0.05, 0.1) is 12.5 Å². The lowest BCUT2D eigenvalue weighted by molar-refractivity contribution is -0.149. The van der Waals surface area contributed by atoms with Crippen molar-refractivity contribution in [1.29, 1.82) is 0 Å². The van der Waals surface area contributed by atoms with Crippen LogP contribution in [-0.4, -0.2) is 38.9 Å². The Morgan fingerprint density at radius 3 is 3.07 bits per heavy atom. The third-order valence-electron chi connectivity index (χ3n) is 3.42. The van der Waals surface area contributed by atoms with Gasteiger partial charge in [0.15, 0.2) is 0 Å². The molecule has 3 unspecified atom stereocenters. The Labute approximate surface area is 90.3 Å². The Bertz CT molecular complexity index is 226. The summed E-state index contributed by atoms with van der Waals surface area (Å²) in [6.45, 7) is 5.67. The summed E-state index contributed by atoms with van der Waals surface area (Å²) in [6.07, 6.45) is 1.09. The highest BCUT2D eigenvalue weighted by Gasteiger charge is 2.40. The summed E-state index contributed by atoms with van der Waals surface area (Å²) in [7, 11) is 0. The van der Waals surface area contributed by atoms with Gasteiger partial charge in [-0.2, -0.15) is 0 Å². The van der Waals surface area contributed by atoms with Gasteiger partial charge in [0.1, 0.15) is 0 Å². The summed E-state index contributed by atoms with van der Waals surface area (Å²) >= 11 is 0. The van der Waals surface area contributed by atoms with Crippen LogP contribution in [0.1, 0.15) is 13.3 Å². The van der Waals surface area contributed by atoms with E-state index in [-0.39, 0.29) is 11.9 Å². The zero-order valence-corrected chi connectivity index (χ0v) is 9.20. The normalized spacial score (nSPS) is 35.7. The SMILES string of the molecule is CCOC(=O)C1CNCC1C1CCOC1. The van der Waals surface area contributed by atoms with Crippen molar-refractivity contribution >= 4 is 5.97 Å². The molecule has 0 aromatic carbocycles. The van der Waals surface area contributed by atoms with E-state index in [1.165, 1.54) is 0 Å². The molecule has 0 spiro atoms. The van der Waals surface area contributed by atoms with Crippen molar-refractivity contribution in [2.24, 2.45) is 17.8 Å². The van der Waals surface area contributed by atoms with Crippen molar-refractivity contribution < 1.29 is 14.3 Å². The monoisotopic (exact) mass is 213 g/mol. The molecule has 0 aromatic heterocycles. The lowest BCUT2D eigenvalue weighted by Crippen LogP contribution is -2.30. The standard InChI is InChI=1S/C11H19NO3/c1-2-15-11(13)10-6-12-5-9(10)8-3-4-14-7-8/h8-10,12H,2-7H2,1H3. The Morgan fingerprint density at radius 1 is 1.53 bits per heavy atom. The first-order valence-electron chi connectivity index (χ1n) is 5.78. The molecular weight excluding hydrogens is 194 g/mol. The molecule has 4 nitrogen and oxygen atoms in total. The van der Waals surface area contributed by atoms with E-state index in [9.17, 15) is 4.79 Å². The first-order chi connectivity index (χ1) is 7.33. The predicted molar refractivity (Wildman–Crippen MR) is 55.4 cm³/mol. The number of hydrogen-bond acceptors (Lipinski definition) is 4. The molecule has 2 aliphatic rings. The largest absolute Gasteiger partial charge is 0.466 e. The lowest BCUT2D eigenvalue weighted by Gasteiger charge is -2.21. The second kappa shape index (κ2) is 4.94. The molecule has 1 N–H and O–H groups in total. The van der Waals surface area contributed by atoms with Gasteiger partial charge in [0, 0.05) is 19.8 Å². The van der Waals surface area contributed by atoms with E-state index in [1.807, 2.05) is 6.92 Å². The van der Waals surface area contributed by atoms with E-state index in [4.69, 9.17) is 9.47 Å². The van der Waals surface area contributed by atoms with E-state index >= 15 is 0 Å². The van der Waals surface area contributed by atoms with Gasteiger partial charge in [0.2, 0.25) is 0 Å². The molecule has 2 rings (SSSR count). The van der Waals surface area contributed by atoms with Gasteiger partial charge >= 0.3 is 5.97 Å². The third-order valence-corrected chi connectivity index (χ3v) is 3.42. The van der Waals surface area contributed by atoms with Gasteiger partial charge in [-0.05, 0) is 31.7 Å². The predicted octanol–water partition coefficient (Wildman–Crippen LogP) is 0.422. The molecular formula is C11H19NO3. The maximum atomic E-state index is 11.7. The van der Waals surface area contributed by atoms with Crippen molar-refractivity contribution in [3.8, 4) is 0 Å². The highest BCUT2D eigenvalue weighted by Crippen LogP contribution is 2.31. The van der Waals surface area contributed by atoms with Crippen molar-refractivity contribution in [2.75, 3.05) is 32.9 Å². The minimum atomic E-state index is -0.0422. The second-order valence-electron chi connectivity index (χ2n) is 4.30. The zero-order chi connectivity index (χ0) is 10.7. The Morgan fingerprint density at radius 2 is 2.40 bits per heavy atom. The topological polar surface area (TPSA) is 47.6 Å². The van der Waals surface area contributed by atoms with Crippen LogP contribution in [0, 0.1) is 17.8 Å². The Kier molecular flexibility index (Phi) is 3.59. The van der Waals surface area contributed by atoms with Crippen LogP contribution in [0.15, 0.2) is 0 Å². The second-order valence-corrected chi connectivity index (χ2v) is 4.30. The molecule has 15 heavy (non-hydrogen) atoms. The molecule has 0 amide bonds.